The van der Waals surface area contributed by atoms with Crippen molar-refractivity contribution in [3.63, 3.8) is 0 Å². The third-order valence-corrected chi connectivity index (χ3v) is 1.37. The van der Waals surface area contributed by atoms with Crippen LogP contribution < -0.4 is 10.5 Å². The van der Waals surface area contributed by atoms with Gasteiger partial charge in [0.25, 0.3) is 0 Å². The number of ether oxygens (including phenoxy) is 1. The molecule has 0 aliphatic heterocycles. The first-order valence-electron chi connectivity index (χ1n) is 3.35. The van der Waals surface area contributed by atoms with Gasteiger partial charge in [-0.05, 0) is 0 Å². The number of hydrogen-bond donors (Lipinski definition) is 1. The largest absolute Gasteiger partial charge is 0.410 e. The number of rotatable bonds is 1. The van der Waals surface area contributed by atoms with Gasteiger partial charge in [0.15, 0.2) is 0 Å². The molecule has 15 heavy (non-hydrogen) atoms. The molecule has 0 saturated heterocycles. The number of halogens is 5. The molecule has 0 bridgehead atoms. The molecule has 0 radical (unpaired) electrons. The number of hydrogen-bond acceptors (Lipinski definition) is 2. The Kier molecular flexibility index (Phi) is 2.78. The van der Waals surface area contributed by atoms with Crippen molar-refractivity contribution in [2.24, 2.45) is 5.73 Å². The highest BCUT2D eigenvalue weighted by atomic mass is 19.2. The van der Waals surface area contributed by atoms with Crippen LogP contribution in [-0.4, -0.2) is 6.09 Å². The zero-order chi connectivity index (χ0) is 11.7. The number of amides is 1. The maximum atomic E-state index is 12.7. The Labute approximate surface area is 79.2 Å². The van der Waals surface area contributed by atoms with E-state index in [2.05, 4.69) is 10.5 Å². The topological polar surface area (TPSA) is 52.3 Å². The second-order valence-corrected chi connectivity index (χ2v) is 2.32. The second kappa shape index (κ2) is 3.71. The van der Waals surface area contributed by atoms with E-state index in [0.29, 0.717) is 0 Å². The average molecular weight is 227 g/mol. The molecule has 8 heteroatoms. The fourth-order valence-corrected chi connectivity index (χ4v) is 0.775. The van der Waals surface area contributed by atoms with Gasteiger partial charge in [0, 0.05) is 0 Å². The van der Waals surface area contributed by atoms with Crippen LogP contribution in [0, 0.1) is 29.1 Å². The van der Waals surface area contributed by atoms with Crippen LogP contribution in [0.5, 0.6) is 5.75 Å². The van der Waals surface area contributed by atoms with E-state index in [1.807, 2.05) is 0 Å². The minimum Gasteiger partial charge on any atom is -0.404 e. The number of primary amides is 1. The van der Waals surface area contributed by atoms with Gasteiger partial charge >= 0.3 is 6.09 Å². The minimum absolute atomic E-state index is 1.70. The minimum atomic E-state index is -2.35. The second-order valence-electron chi connectivity index (χ2n) is 2.32. The number of carbonyl (C=O) groups is 1. The monoisotopic (exact) mass is 227 g/mol. The van der Waals surface area contributed by atoms with E-state index in [-0.39, 0.29) is 0 Å². The van der Waals surface area contributed by atoms with Crippen molar-refractivity contribution in [3.8, 4) is 5.75 Å². The summed E-state index contributed by atoms with van der Waals surface area (Å²) in [7, 11) is 0. The van der Waals surface area contributed by atoms with E-state index >= 15 is 0 Å². The number of nitrogens with two attached hydrogens (primary N) is 1. The van der Waals surface area contributed by atoms with Crippen LogP contribution in [0.25, 0.3) is 0 Å². The molecule has 82 valence electrons. The van der Waals surface area contributed by atoms with E-state index in [1.165, 1.54) is 0 Å². The quantitative estimate of drug-likeness (QED) is 0.452. The van der Waals surface area contributed by atoms with Crippen molar-refractivity contribution >= 4 is 6.09 Å². The highest BCUT2D eigenvalue weighted by molar-refractivity contribution is 5.68. The molecule has 1 aromatic rings. The van der Waals surface area contributed by atoms with Gasteiger partial charge < -0.3 is 10.5 Å². The molecule has 0 saturated carbocycles. The fraction of sp³-hybridized carbons (Fsp3) is 0. The summed E-state index contributed by atoms with van der Waals surface area (Å²) in [4.78, 5) is 10.1. The Morgan fingerprint density at radius 2 is 1.20 bits per heavy atom. The lowest BCUT2D eigenvalue weighted by molar-refractivity contribution is 0.203. The molecular formula is C7H2F5NO2. The van der Waals surface area contributed by atoms with E-state index in [9.17, 15) is 26.7 Å². The third kappa shape index (κ3) is 1.83. The Morgan fingerprint density at radius 3 is 1.53 bits per heavy atom. The molecule has 0 atom stereocenters. The smallest absolute Gasteiger partial charge is 0.404 e. The Hall–Kier alpha value is -1.86. The van der Waals surface area contributed by atoms with Crippen LogP contribution in [0.2, 0.25) is 0 Å². The standard InChI is InChI=1S/C7H2F5NO2/c8-1-2(9)4(11)6(15-7(13)14)5(12)3(1)10/h(H2,13,14). The summed E-state index contributed by atoms with van der Waals surface area (Å²) in [5.41, 5.74) is 4.37. The maximum absolute atomic E-state index is 12.7. The first-order chi connectivity index (χ1) is 6.86. The zero-order valence-electron chi connectivity index (χ0n) is 6.78. The van der Waals surface area contributed by atoms with Crippen LogP contribution in [0.3, 0.4) is 0 Å². The van der Waals surface area contributed by atoms with Gasteiger partial charge in [-0.25, -0.2) is 18.0 Å². The van der Waals surface area contributed by atoms with Crippen molar-refractivity contribution in [2.45, 2.75) is 0 Å². The van der Waals surface area contributed by atoms with Gasteiger partial charge in [-0.15, -0.1) is 0 Å². The van der Waals surface area contributed by atoms with Gasteiger partial charge in [-0.3, -0.25) is 0 Å². The highest BCUT2D eigenvalue weighted by Crippen LogP contribution is 2.28. The van der Waals surface area contributed by atoms with Gasteiger partial charge in [-0.2, -0.15) is 8.78 Å². The van der Waals surface area contributed by atoms with E-state index in [4.69, 9.17) is 0 Å². The Balaban J connectivity index is 3.45. The normalized spacial score (nSPS) is 10.2. The summed E-state index contributed by atoms with van der Waals surface area (Å²) in [5.74, 6) is -13.0. The van der Waals surface area contributed by atoms with Crippen LogP contribution in [-0.2, 0) is 0 Å². The first kappa shape index (κ1) is 11.2. The SMILES string of the molecule is NC(=O)Oc1c(F)c(F)c(F)c(F)c1F. The van der Waals surface area contributed by atoms with E-state index < -0.39 is 40.9 Å². The van der Waals surface area contributed by atoms with E-state index in [0.717, 1.165) is 0 Å². The molecule has 1 aromatic carbocycles. The molecule has 0 aliphatic carbocycles. The average Bonchev–Trinajstić information content (AvgIpc) is 2.18. The summed E-state index contributed by atoms with van der Waals surface area (Å²) in [5, 5.41) is 0. The van der Waals surface area contributed by atoms with Crippen molar-refractivity contribution in [1.29, 1.82) is 0 Å². The molecule has 0 unspecified atom stereocenters. The predicted octanol–water partition coefficient (Wildman–Crippen LogP) is 1.84. The lowest BCUT2D eigenvalue weighted by Crippen LogP contribution is -2.19. The molecule has 0 aliphatic rings. The summed E-state index contributed by atoms with van der Waals surface area (Å²) in [6.45, 7) is 0. The fourth-order valence-electron chi connectivity index (χ4n) is 0.775. The van der Waals surface area contributed by atoms with Crippen molar-refractivity contribution in [2.75, 3.05) is 0 Å². The lowest BCUT2D eigenvalue weighted by atomic mass is 10.3. The molecule has 0 heterocycles. The summed E-state index contributed by atoms with van der Waals surface area (Å²) in [6.07, 6.45) is -1.70. The molecule has 3 nitrogen and oxygen atoms in total. The van der Waals surface area contributed by atoms with Crippen LogP contribution >= 0.6 is 0 Å². The Morgan fingerprint density at radius 1 is 0.867 bits per heavy atom. The molecule has 0 spiro atoms. The summed E-state index contributed by atoms with van der Waals surface area (Å²) < 4.78 is 66.4. The zero-order valence-corrected chi connectivity index (χ0v) is 6.78. The van der Waals surface area contributed by atoms with Gasteiger partial charge in [0.2, 0.25) is 34.8 Å². The van der Waals surface area contributed by atoms with Crippen molar-refractivity contribution in [1.82, 2.24) is 0 Å². The van der Waals surface area contributed by atoms with Gasteiger partial charge in [0.05, 0.1) is 0 Å². The van der Waals surface area contributed by atoms with Crippen LogP contribution in [0.15, 0.2) is 0 Å². The van der Waals surface area contributed by atoms with Crippen molar-refractivity contribution < 1.29 is 31.5 Å². The van der Waals surface area contributed by atoms with Crippen LogP contribution in [0.4, 0.5) is 26.7 Å². The Bertz CT molecular complexity index is 405. The van der Waals surface area contributed by atoms with Crippen molar-refractivity contribution in [3.05, 3.63) is 29.1 Å². The predicted molar refractivity (Wildman–Crippen MR) is 36.4 cm³/mol. The molecule has 2 N–H and O–H groups in total. The summed E-state index contributed by atoms with van der Waals surface area (Å²) >= 11 is 0. The highest BCUT2D eigenvalue weighted by Gasteiger charge is 2.27. The molecule has 1 rings (SSSR count). The number of benzene rings is 1. The third-order valence-electron chi connectivity index (χ3n) is 1.37. The number of carbonyl (C=O) groups excluding carboxylic acids is 1. The molecule has 0 aromatic heterocycles. The van der Waals surface area contributed by atoms with Gasteiger partial charge in [-0.1, -0.05) is 0 Å². The summed E-state index contributed by atoms with van der Waals surface area (Å²) in [6, 6.07) is 0. The van der Waals surface area contributed by atoms with Crippen LogP contribution in [0.1, 0.15) is 0 Å². The molecular weight excluding hydrogens is 225 g/mol. The lowest BCUT2D eigenvalue weighted by Gasteiger charge is -2.06. The van der Waals surface area contributed by atoms with E-state index in [1.54, 1.807) is 0 Å². The molecule has 1 amide bonds. The van der Waals surface area contributed by atoms with Gasteiger partial charge in [0.1, 0.15) is 0 Å². The first-order valence-corrected chi connectivity index (χ1v) is 3.35. The molecule has 0 fully saturated rings. The maximum Gasteiger partial charge on any atom is 0.410 e.